The minimum absolute atomic E-state index is 0.0424. The van der Waals surface area contributed by atoms with Crippen LogP contribution in [0.4, 0.5) is 5.69 Å². The van der Waals surface area contributed by atoms with Crippen molar-refractivity contribution < 1.29 is 22.7 Å². The first kappa shape index (κ1) is 20.9. The van der Waals surface area contributed by atoms with Gasteiger partial charge in [-0.1, -0.05) is 18.2 Å². The third kappa shape index (κ3) is 5.53. The summed E-state index contributed by atoms with van der Waals surface area (Å²) in [4.78, 5) is 12.6. The Morgan fingerprint density at radius 1 is 1.11 bits per heavy atom. The molecule has 0 saturated heterocycles. The second kappa shape index (κ2) is 9.50. The monoisotopic (exact) mass is 392 g/mol. The van der Waals surface area contributed by atoms with E-state index in [9.17, 15) is 13.2 Å². The number of benzene rings is 2. The van der Waals surface area contributed by atoms with Crippen LogP contribution in [-0.2, 0) is 14.8 Å². The van der Waals surface area contributed by atoms with Crippen molar-refractivity contribution in [2.24, 2.45) is 0 Å². The topological polar surface area (TPSA) is 93.7 Å². The van der Waals surface area contributed by atoms with Crippen LogP contribution in [0.3, 0.4) is 0 Å². The molecule has 0 aliphatic heterocycles. The molecule has 0 spiro atoms. The second-order valence-corrected chi connectivity index (χ2v) is 7.64. The minimum atomic E-state index is -3.71. The van der Waals surface area contributed by atoms with E-state index in [0.717, 1.165) is 5.56 Å². The molecule has 1 amide bonds. The molecule has 0 atom stereocenters. The first-order valence-electron chi connectivity index (χ1n) is 8.42. The lowest BCUT2D eigenvalue weighted by Crippen LogP contribution is -2.25. The molecule has 0 aromatic heterocycles. The summed E-state index contributed by atoms with van der Waals surface area (Å²) < 4.78 is 37.6. The van der Waals surface area contributed by atoms with Gasteiger partial charge in [0.25, 0.3) is 5.91 Å². The van der Waals surface area contributed by atoms with E-state index in [0.29, 0.717) is 24.3 Å². The van der Waals surface area contributed by atoms with Crippen LogP contribution in [0.15, 0.2) is 47.4 Å². The van der Waals surface area contributed by atoms with E-state index in [1.54, 1.807) is 19.2 Å². The Morgan fingerprint density at radius 2 is 1.85 bits per heavy atom. The molecule has 0 aliphatic rings. The van der Waals surface area contributed by atoms with Gasteiger partial charge in [0.1, 0.15) is 5.75 Å². The van der Waals surface area contributed by atoms with E-state index in [1.807, 2.05) is 19.1 Å². The maximum atomic E-state index is 12.6. The number of rotatable bonds is 9. The summed E-state index contributed by atoms with van der Waals surface area (Å²) in [7, 11) is -0.698. The van der Waals surface area contributed by atoms with Gasteiger partial charge in [0.15, 0.2) is 0 Å². The third-order valence-corrected chi connectivity index (χ3v) is 5.40. The van der Waals surface area contributed by atoms with Gasteiger partial charge in [-0.3, -0.25) is 4.79 Å². The molecule has 2 aromatic rings. The molecule has 2 aromatic carbocycles. The number of ether oxygens (including phenoxy) is 2. The lowest BCUT2D eigenvalue weighted by atomic mass is 10.1. The van der Waals surface area contributed by atoms with Crippen LogP contribution in [0, 0.1) is 6.92 Å². The van der Waals surface area contributed by atoms with Gasteiger partial charge in [-0.15, -0.1) is 0 Å². The molecule has 0 fully saturated rings. The van der Waals surface area contributed by atoms with Crippen molar-refractivity contribution in [2.45, 2.75) is 18.2 Å². The van der Waals surface area contributed by atoms with Gasteiger partial charge < -0.3 is 14.8 Å². The number of hydrogen-bond donors (Lipinski definition) is 2. The van der Waals surface area contributed by atoms with E-state index >= 15 is 0 Å². The molecule has 0 unspecified atom stereocenters. The zero-order valence-corrected chi connectivity index (χ0v) is 16.4. The Hall–Kier alpha value is -2.42. The smallest absolute Gasteiger partial charge is 0.256 e. The third-order valence-electron chi connectivity index (χ3n) is 3.94. The number of amides is 1. The predicted molar refractivity (Wildman–Crippen MR) is 104 cm³/mol. The van der Waals surface area contributed by atoms with Crippen LogP contribution >= 0.6 is 0 Å². The number of nitrogens with one attached hydrogen (secondary N) is 2. The maximum Gasteiger partial charge on any atom is 0.256 e. The molecule has 2 N–H and O–H groups in total. The molecule has 0 saturated carbocycles. The van der Waals surface area contributed by atoms with Crippen LogP contribution in [0.25, 0.3) is 0 Å². The molecule has 0 aliphatic carbocycles. The van der Waals surface area contributed by atoms with Crippen LogP contribution in [0.1, 0.15) is 22.3 Å². The molecule has 2 rings (SSSR count). The van der Waals surface area contributed by atoms with Crippen molar-refractivity contribution in [3.8, 4) is 5.75 Å². The fraction of sp³-hybridized carbons (Fsp3) is 0.316. The van der Waals surface area contributed by atoms with Crippen molar-refractivity contribution in [3.05, 3.63) is 53.6 Å². The molecule has 8 heteroatoms. The molecule has 0 bridgehead atoms. The first-order valence-corrected chi connectivity index (χ1v) is 9.91. The minimum Gasteiger partial charge on any atom is -0.495 e. The number of carbonyl (C=O) groups excluding carboxylic acids is 1. The molecule has 27 heavy (non-hydrogen) atoms. The van der Waals surface area contributed by atoms with Gasteiger partial charge in [-0.05, 0) is 43.2 Å². The van der Waals surface area contributed by atoms with E-state index < -0.39 is 10.0 Å². The highest BCUT2D eigenvalue weighted by molar-refractivity contribution is 7.89. The van der Waals surface area contributed by atoms with Crippen molar-refractivity contribution in [1.82, 2.24) is 4.72 Å². The van der Waals surface area contributed by atoms with Gasteiger partial charge in [-0.2, -0.15) is 0 Å². The van der Waals surface area contributed by atoms with Gasteiger partial charge in [0.2, 0.25) is 10.0 Å². The standard InChI is InChI=1S/C19H24N2O5S/c1-14-7-4-5-8-16(14)19(22)21-17-13-15(9-10-18(17)26-3)27(23,24)20-11-6-12-25-2/h4-5,7-10,13,20H,6,11-12H2,1-3H3,(H,21,22). The molecule has 7 nitrogen and oxygen atoms in total. The summed E-state index contributed by atoms with van der Waals surface area (Å²) >= 11 is 0. The average Bonchev–Trinajstić information content (AvgIpc) is 2.65. The van der Waals surface area contributed by atoms with E-state index in [2.05, 4.69) is 10.0 Å². The number of anilines is 1. The van der Waals surface area contributed by atoms with Crippen molar-refractivity contribution in [2.75, 3.05) is 32.7 Å². The summed E-state index contributed by atoms with van der Waals surface area (Å²) in [5.74, 6) is 0.0317. The number of sulfonamides is 1. The second-order valence-electron chi connectivity index (χ2n) is 5.88. The van der Waals surface area contributed by atoms with E-state index in [4.69, 9.17) is 9.47 Å². The highest BCUT2D eigenvalue weighted by atomic mass is 32.2. The van der Waals surface area contributed by atoms with Crippen LogP contribution in [0.5, 0.6) is 5.75 Å². The summed E-state index contributed by atoms with van der Waals surface area (Å²) in [5.41, 5.74) is 1.61. The van der Waals surface area contributed by atoms with Crippen LogP contribution < -0.4 is 14.8 Å². The zero-order valence-electron chi connectivity index (χ0n) is 15.6. The van der Waals surface area contributed by atoms with Crippen molar-refractivity contribution >= 4 is 21.6 Å². The maximum absolute atomic E-state index is 12.6. The fourth-order valence-electron chi connectivity index (χ4n) is 2.48. The highest BCUT2D eigenvalue weighted by Crippen LogP contribution is 2.28. The number of aryl methyl sites for hydroxylation is 1. The van der Waals surface area contributed by atoms with Gasteiger partial charge in [0, 0.05) is 25.8 Å². The molecular formula is C19H24N2O5S. The Kier molecular flexibility index (Phi) is 7.35. The Labute approximate surface area is 159 Å². The summed E-state index contributed by atoms with van der Waals surface area (Å²) in [6, 6.07) is 11.5. The number of methoxy groups -OCH3 is 2. The largest absolute Gasteiger partial charge is 0.495 e. The molecule has 0 radical (unpaired) electrons. The van der Waals surface area contributed by atoms with Crippen LogP contribution in [-0.4, -0.2) is 41.7 Å². The molecule has 0 heterocycles. The van der Waals surface area contributed by atoms with E-state index in [1.165, 1.54) is 25.3 Å². The Morgan fingerprint density at radius 3 is 2.52 bits per heavy atom. The zero-order chi connectivity index (χ0) is 19.9. The van der Waals surface area contributed by atoms with Crippen molar-refractivity contribution in [1.29, 1.82) is 0 Å². The molecular weight excluding hydrogens is 368 g/mol. The quantitative estimate of drug-likeness (QED) is 0.640. The number of hydrogen-bond acceptors (Lipinski definition) is 5. The summed E-state index contributed by atoms with van der Waals surface area (Å²) in [6.45, 7) is 2.55. The molecule has 146 valence electrons. The van der Waals surface area contributed by atoms with Crippen LogP contribution in [0.2, 0.25) is 0 Å². The fourth-order valence-corrected chi connectivity index (χ4v) is 3.58. The van der Waals surface area contributed by atoms with E-state index in [-0.39, 0.29) is 23.0 Å². The van der Waals surface area contributed by atoms with Gasteiger partial charge >= 0.3 is 0 Å². The normalized spacial score (nSPS) is 11.2. The first-order chi connectivity index (χ1) is 12.9. The summed E-state index contributed by atoms with van der Waals surface area (Å²) in [5, 5.41) is 2.73. The SMILES string of the molecule is COCCCNS(=O)(=O)c1ccc(OC)c(NC(=O)c2ccccc2C)c1. The lowest BCUT2D eigenvalue weighted by Gasteiger charge is -2.14. The van der Waals surface area contributed by atoms with Crippen molar-refractivity contribution in [3.63, 3.8) is 0 Å². The Balaban J connectivity index is 2.24. The lowest BCUT2D eigenvalue weighted by molar-refractivity contribution is 0.102. The van der Waals surface area contributed by atoms with Gasteiger partial charge in [0.05, 0.1) is 17.7 Å². The highest BCUT2D eigenvalue weighted by Gasteiger charge is 2.18. The Bertz CT molecular complexity index is 897. The predicted octanol–water partition coefficient (Wildman–Crippen LogP) is 2.57. The van der Waals surface area contributed by atoms with Gasteiger partial charge in [-0.25, -0.2) is 13.1 Å². The summed E-state index contributed by atoms with van der Waals surface area (Å²) in [6.07, 6.45) is 0.558. The number of carbonyl (C=O) groups is 1. The average molecular weight is 392 g/mol.